The minimum Gasteiger partial charge on any atom is -0.497 e. The molecule has 0 amide bonds. The minimum absolute atomic E-state index is 0.0714. The van der Waals surface area contributed by atoms with Crippen LogP contribution in [-0.4, -0.2) is 18.9 Å². The third-order valence-electron chi connectivity index (χ3n) is 4.99. The van der Waals surface area contributed by atoms with Crippen molar-refractivity contribution in [1.82, 2.24) is 0 Å². The standard InChI is InChI=1S/C22H21NO2/c1-24-19-11-5-7-16(15-19)13-14-18-10-6-12-20-21(23-25-22(18)20)17-8-3-2-4-9-17/h2-5,7-9,11,15,18,20,22H,6,10,12H2,1H3/t18-,20-,22-/m1/s1. The molecule has 0 radical (unpaired) electrons. The quantitative estimate of drug-likeness (QED) is 0.770. The summed E-state index contributed by atoms with van der Waals surface area (Å²) in [6, 6.07) is 18.2. The summed E-state index contributed by atoms with van der Waals surface area (Å²) >= 11 is 0. The number of nitrogens with zero attached hydrogens (tertiary/aromatic N) is 1. The summed E-state index contributed by atoms with van der Waals surface area (Å²) in [5, 5.41) is 4.41. The highest BCUT2D eigenvalue weighted by Crippen LogP contribution is 2.38. The van der Waals surface area contributed by atoms with E-state index in [0.717, 1.165) is 41.9 Å². The van der Waals surface area contributed by atoms with Crippen molar-refractivity contribution in [1.29, 1.82) is 0 Å². The third kappa shape index (κ3) is 3.25. The van der Waals surface area contributed by atoms with Crippen molar-refractivity contribution in [3.05, 3.63) is 65.7 Å². The Bertz CT molecular complexity index is 832. The Kier molecular flexibility index (Phi) is 4.43. The number of oxime groups is 1. The van der Waals surface area contributed by atoms with Crippen LogP contribution in [0, 0.1) is 23.7 Å². The number of methoxy groups -OCH3 is 1. The fourth-order valence-corrected chi connectivity index (χ4v) is 3.70. The molecule has 1 heterocycles. The maximum absolute atomic E-state index is 5.83. The summed E-state index contributed by atoms with van der Waals surface area (Å²) in [7, 11) is 1.67. The highest BCUT2D eigenvalue weighted by molar-refractivity contribution is 6.03. The number of fused-ring (bicyclic) bond motifs is 1. The molecule has 1 aliphatic heterocycles. The minimum atomic E-state index is 0.0714. The van der Waals surface area contributed by atoms with Crippen molar-refractivity contribution in [2.45, 2.75) is 25.4 Å². The van der Waals surface area contributed by atoms with E-state index < -0.39 is 0 Å². The molecule has 4 rings (SSSR count). The Labute approximate surface area is 148 Å². The van der Waals surface area contributed by atoms with Gasteiger partial charge >= 0.3 is 0 Å². The average molecular weight is 331 g/mol. The lowest BCUT2D eigenvalue weighted by molar-refractivity contribution is 0.0157. The van der Waals surface area contributed by atoms with E-state index in [0.29, 0.717) is 5.92 Å². The fraction of sp³-hybridized carbons (Fsp3) is 0.318. The Balaban J connectivity index is 1.53. The molecule has 3 nitrogen and oxygen atoms in total. The monoisotopic (exact) mass is 331 g/mol. The van der Waals surface area contributed by atoms with Crippen LogP contribution >= 0.6 is 0 Å². The first-order valence-electron chi connectivity index (χ1n) is 8.80. The SMILES string of the molecule is COc1cccc(C#C[C@H]2CCC[C@@H]3C(c4ccccc4)=NO[C@@H]32)c1. The van der Waals surface area contributed by atoms with Gasteiger partial charge in [-0.15, -0.1) is 0 Å². The van der Waals surface area contributed by atoms with Crippen LogP contribution in [0.3, 0.4) is 0 Å². The largest absolute Gasteiger partial charge is 0.497 e. The molecule has 3 heteroatoms. The van der Waals surface area contributed by atoms with Gasteiger partial charge in [-0.1, -0.05) is 59.8 Å². The van der Waals surface area contributed by atoms with E-state index in [4.69, 9.17) is 9.57 Å². The topological polar surface area (TPSA) is 30.8 Å². The lowest BCUT2D eigenvalue weighted by Gasteiger charge is -2.28. The van der Waals surface area contributed by atoms with E-state index >= 15 is 0 Å². The molecular weight excluding hydrogens is 310 g/mol. The van der Waals surface area contributed by atoms with E-state index in [1.165, 1.54) is 0 Å². The molecule has 3 atom stereocenters. The summed E-state index contributed by atoms with van der Waals surface area (Å²) < 4.78 is 5.27. The van der Waals surface area contributed by atoms with Gasteiger partial charge in [0.05, 0.1) is 18.7 Å². The molecule has 0 unspecified atom stereocenters. The second-order valence-electron chi connectivity index (χ2n) is 6.56. The molecule has 25 heavy (non-hydrogen) atoms. The van der Waals surface area contributed by atoms with Crippen molar-refractivity contribution >= 4 is 5.71 Å². The van der Waals surface area contributed by atoms with E-state index in [1.54, 1.807) is 7.11 Å². The summed E-state index contributed by atoms with van der Waals surface area (Å²) in [4.78, 5) is 5.83. The van der Waals surface area contributed by atoms with Gasteiger partial charge in [0.2, 0.25) is 0 Å². The van der Waals surface area contributed by atoms with E-state index in [2.05, 4.69) is 29.1 Å². The van der Waals surface area contributed by atoms with Crippen LogP contribution < -0.4 is 4.74 Å². The number of hydrogen-bond donors (Lipinski definition) is 0. The highest BCUT2D eigenvalue weighted by Gasteiger charge is 2.42. The lowest BCUT2D eigenvalue weighted by atomic mass is 9.76. The molecule has 0 N–H and O–H groups in total. The molecule has 1 saturated carbocycles. The van der Waals surface area contributed by atoms with Crippen LogP contribution in [0.25, 0.3) is 0 Å². The van der Waals surface area contributed by atoms with Crippen molar-refractivity contribution in [2.24, 2.45) is 17.0 Å². The molecule has 2 aliphatic rings. The van der Waals surface area contributed by atoms with E-state index in [9.17, 15) is 0 Å². The first-order chi connectivity index (χ1) is 12.3. The molecular formula is C22H21NO2. The molecule has 2 aromatic rings. The van der Waals surface area contributed by atoms with E-state index in [-0.39, 0.29) is 12.0 Å². The van der Waals surface area contributed by atoms with Crippen LogP contribution in [-0.2, 0) is 4.84 Å². The van der Waals surface area contributed by atoms with E-state index in [1.807, 2.05) is 42.5 Å². The average Bonchev–Trinajstić information content (AvgIpc) is 3.12. The molecule has 0 aromatic heterocycles. The van der Waals surface area contributed by atoms with Gasteiger partial charge in [0, 0.05) is 11.5 Å². The Morgan fingerprint density at radius 3 is 2.80 bits per heavy atom. The second kappa shape index (κ2) is 7.03. The first kappa shape index (κ1) is 15.8. The summed E-state index contributed by atoms with van der Waals surface area (Å²) in [5.74, 6) is 8.12. The van der Waals surface area contributed by atoms with Gasteiger partial charge in [0.1, 0.15) is 11.9 Å². The maximum atomic E-state index is 5.83. The molecule has 1 fully saturated rings. The Morgan fingerprint density at radius 2 is 1.96 bits per heavy atom. The normalized spacial score (nSPS) is 24.4. The van der Waals surface area contributed by atoms with Gasteiger partial charge in [-0.05, 0) is 36.6 Å². The van der Waals surface area contributed by atoms with Gasteiger partial charge in [-0.3, -0.25) is 0 Å². The number of ether oxygens (including phenoxy) is 1. The zero-order valence-electron chi connectivity index (χ0n) is 14.3. The first-order valence-corrected chi connectivity index (χ1v) is 8.80. The van der Waals surface area contributed by atoms with Gasteiger partial charge in [0.25, 0.3) is 0 Å². The van der Waals surface area contributed by atoms with Crippen LogP contribution in [0.5, 0.6) is 5.75 Å². The molecule has 1 aliphatic carbocycles. The van der Waals surface area contributed by atoms with Crippen molar-refractivity contribution in [3.8, 4) is 17.6 Å². The van der Waals surface area contributed by atoms with Crippen molar-refractivity contribution in [3.63, 3.8) is 0 Å². The predicted octanol–water partition coefficient (Wildman–Crippen LogP) is 4.27. The fourth-order valence-electron chi connectivity index (χ4n) is 3.70. The Morgan fingerprint density at radius 1 is 1.08 bits per heavy atom. The van der Waals surface area contributed by atoms with Gasteiger partial charge in [-0.2, -0.15) is 0 Å². The van der Waals surface area contributed by atoms with Crippen molar-refractivity contribution < 1.29 is 9.57 Å². The summed E-state index contributed by atoms with van der Waals surface area (Å²) in [5.41, 5.74) is 3.22. The summed E-state index contributed by atoms with van der Waals surface area (Å²) in [6.45, 7) is 0. The van der Waals surface area contributed by atoms with Gasteiger partial charge < -0.3 is 9.57 Å². The number of benzene rings is 2. The van der Waals surface area contributed by atoms with Crippen LogP contribution in [0.2, 0.25) is 0 Å². The zero-order chi connectivity index (χ0) is 17.1. The molecule has 0 saturated heterocycles. The van der Waals surface area contributed by atoms with Gasteiger partial charge in [0.15, 0.2) is 0 Å². The van der Waals surface area contributed by atoms with Crippen LogP contribution in [0.4, 0.5) is 0 Å². The molecule has 2 aromatic carbocycles. The maximum Gasteiger partial charge on any atom is 0.149 e. The van der Waals surface area contributed by atoms with Gasteiger partial charge in [-0.25, -0.2) is 0 Å². The molecule has 0 spiro atoms. The second-order valence-corrected chi connectivity index (χ2v) is 6.56. The zero-order valence-corrected chi connectivity index (χ0v) is 14.3. The summed E-state index contributed by atoms with van der Waals surface area (Å²) in [6.07, 6.45) is 3.42. The highest BCUT2D eigenvalue weighted by atomic mass is 16.6. The predicted molar refractivity (Wildman–Crippen MR) is 98.6 cm³/mol. The smallest absolute Gasteiger partial charge is 0.149 e. The Hall–Kier alpha value is -2.73. The molecule has 126 valence electrons. The lowest BCUT2D eigenvalue weighted by Crippen LogP contribution is -2.34. The van der Waals surface area contributed by atoms with Crippen LogP contribution in [0.15, 0.2) is 59.8 Å². The van der Waals surface area contributed by atoms with Crippen molar-refractivity contribution in [2.75, 3.05) is 7.11 Å². The van der Waals surface area contributed by atoms with Crippen LogP contribution in [0.1, 0.15) is 30.4 Å². The third-order valence-corrected chi connectivity index (χ3v) is 4.99. The number of hydrogen-bond acceptors (Lipinski definition) is 3. The molecule has 0 bridgehead atoms. The number of rotatable bonds is 2.